The van der Waals surface area contributed by atoms with E-state index in [0.29, 0.717) is 32.5 Å². The van der Waals surface area contributed by atoms with Crippen molar-refractivity contribution >= 4 is 11.9 Å². The molecule has 22 heavy (non-hydrogen) atoms. The first-order valence-electron chi connectivity index (χ1n) is 7.70. The van der Waals surface area contributed by atoms with Gasteiger partial charge in [-0.3, -0.25) is 4.79 Å². The molecule has 1 heterocycles. The number of hydrogen-bond donors (Lipinski definition) is 2. The predicted molar refractivity (Wildman–Crippen MR) is 82.2 cm³/mol. The fourth-order valence-corrected chi connectivity index (χ4v) is 2.51. The van der Waals surface area contributed by atoms with Crippen LogP contribution in [0.2, 0.25) is 0 Å². The van der Waals surface area contributed by atoms with Gasteiger partial charge in [0.05, 0.1) is 5.56 Å². The van der Waals surface area contributed by atoms with E-state index in [1.165, 1.54) is 12.1 Å². The Labute approximate surface area is 129 Å². The maximum atomic E-state index is 13.6. The van der Waals surface area contributed by atoms with Crippen molar-refractivity contribution in [3.8, 4) is 0 Å². The van der Waals surface area contributed by atoms with Gasteiger partial charge in [0, 0.05) is 25.7 Å². The Bertz CT molecular complexity index is 528. The van der Waals surface area contributed by atoms with Crippen LogP contribution in [-0.2, 0) is 0 Å². The molecule has 2 N–H and O–H groups in total. The van der Waals surface area contributed by atoms with Gasteiger partial charge in [0.2, 0.25) is 0 Å². The van der Waals surface area contributed by atoms with Gasteiger partial charge in [-0.2, -0.15) is 0 Å². The van der Waals surface area contributed by atoms with Crippen LogP contribution in [0.15, 0.2) is 24.3 Å². The zero-order valence-corrected chi connectivity index (χ0v) is 12.8. The van der Waals surface area contributed by atoms with Crippen molar-refractivity contribution in [3.05, 3.63) is 35.6 Å². The quantitative estimate of drug-likeness (QED) is 0.895. The summed E-state index contributed by atoms with van der Waals surface area (Å²) in [5.41, 5.74) is 0.106. The van der Waals surface area contributed by atoms with Gasteiger partial charge >= 0.3 is 6.03 Å². The molecule has 0 aromatic heterocycles. The van der Waals surface area contributed by atoms with Crippen LogP contribution in [0, 0.1) is 5.82 Å². The fourth-order valence-electron chi connectivity index (χ4n) is 2.51. The highest BCUT2D eigenvalue weighted by atomic mass is 19.1. The first-order valence-corrected chi connectivity index (χ1v) is 7.70. The van der Waals surface area contributed by atoms with E-state index in [1.807, 2.05) is 6.92 Å². The van der Waals surface area contributed by atoms with E-state index in [9.17, 15) is 14.0 Å². The second-order valence-electron chi connectivity index (χ2n) is 5.45. The van der Waals surface area contributed by atoms with E-state index in [-0.39, 0.29) is 23.5 Å². The summed E-state index contributed by atoms with van der Waals surface area (Å²) in [6.45, 7) is 3.68. The number of likely N-dealkylation sites (tertiary alicyclic amines) is 1. The van der Waals surface area contributed by atoms with Crippen molar-refractivity contribution < 1.29 is 14.0 Å². The Hall–Kier alpha value is -2.11. The number of nitrogens with zero attached hydrogens (tertiary/aromatic N) is 1. The number of urea groups is 1. The number of hydrogen-bond acceptors (Lipinski definition) is 2. The SMILES string of the molecule is CCCNC(=O)NC1CCN(C(=O)c2ccccc2F)CC1. The second kappa shape index (κ2) is 7.77. The molecule has 0 spiro atoms. The highest BCUT2D eigenvalue weighted by Gasteiger charge is 2.25. The van der Waals surface area contributed by atoms with Crippen LogP contribution in [0.3, 0.4) is 0 Å². The number of amides is 3. The Kier molecular flexibility index (Phi) is 5.75. The van der Waals surface area contributed by atoms with E-state index < -0.39 is 5.82 Å². The molecule has 1 aromatic carbocycles. The Morgan fingerprint density at radius 3 is 2.59 bits per heavy atom. The van der Waals surface area contributed by atoms with Crippen LogP contribution < -0.4 is 10.6 Å². The van der Waals surface area contributed by atoms with E-state index in [2.05, 4.69) is 10.6 Å². The third-order valence-electron chi connectivity index (χ3n) is 3.76. The topological polar surface area (TPSA) is 61.4 Å². The van der Waals surface area contributed by atoms with Crippen molar-refractivity contribution in [2.24, 2.45) is 0 Å². The molecule has 1 aliphatic heterocycles. The standard InChI is InChI=1S/C16H22FN3O2/c1-2-9-18-16(22)19-12-7-10-20(11-8-12)15(21)13-5-3-4-6-14(13)17/h3-6,12H,2,7-11H2,1H3,(H2,18,19,22). The lowest BCUT2D eigenvalue weighted by Crippen LogP contribution is -2.49. The van der Waals surface area contributed by atoms with E-state index in [1.54, 1.807) is 17.0 Å². The molecular formula is C16H22FN3O2. The minimum Gasteiger partial charge on any atom is -0.338 e. The molecule has 0 radical (unpaired) electrons. The second-order valence-corrected chi connectivity index (χ2v) is 5.45. The molecular weight excluding hydrogens is 285 g/mol. The molecule has 5 nitrogen and oxygen atoms in total. The smallest absolute Gasteiger partial charge is 0.315 e. The molecule has 0 saturated carbocycles. The molecule has 0 aliphatic carbocycles. The fraction of sp³-hybridized carbons (Fsp3) is 0.500. The van der Waals surface area contributed by atoms with Crippen molar-refractivity contribution in [2.75, 3.05) is 19.6 Å². The third-order valence-corrected chi connectivity index (χ3v) is 3.76. The Morgan fingerprint density at radius 2 is 1.95 bits per heavy atom. The summed E-state index contributed by atoms with van der Waals surface area (Å²) in [4.78, 5) is 25.5. The lowest BCUT2D eigenvalue weighted by atomic mass is 10.0. The van der Waals surface area contributed by atoms with Gasteiger partial charge in [-0.05, 0) is 31.4 Å². The molecule has 120 valence electrons. The summed E-state index contributed by atoms with van der Waals surface area (Å²) in [7, 11) is 0. The summed E-state index contributed by atoms with van der Waals surface area (Å²) in [5, 5.41) is 5.67. The molecule has 0 unspecified atom stereocenters. The van der Waals surface area contributed by atoms with Crippen molar-refractivity contribution in [1.29, 1.82) is 0 Å². The van der Waals surface area contributed by atoms with E-state index in [0.717, 1.165) is 6.42 Å². The maximum absolute atomic E-state index is 13.6. The largest absolute Gasteiger partial charge is 0.338 e. The van der Waals surface area contributed by atoms with Crippen LogP contribution in [0.5, 0.6) is 0 Å². The molecule has 0 bridgehead atoms. The van der Waals surface area contributed by atoms with Crippen molar-refractivity contribution in [3.63, 3.8) is 0 Å². The predicted octanol–water partition coefficient (Wildman–Crippen LogP) is 2.14. The molecule has 2 rings (SSSR count). The first kappa shape index (κ1) is 16.3. The van der Waals surface area contributed by atoms with Gasteiger partial charge in [0.1, 0.15) is 5.82 Å². The lowest BCUT2D eigenvalue weighted by molar-refractivity contribution is 0.0703. The molecule has 1 fully saturated rings. The summed E-state index contributed by atoms with van der Waals surface area (Å²) >= 11 is 0. The summed E-state index contributed by atoms with van der Waals surface area (Å²) in [6.07, 6.45) is 2.25. The molecule has 0 atom stereocenters. The molecule has 3 amide bonds. The lowest BCUT2D eigenvalue weighted by Gasteiger charge is -2.32. The van der Waals surface area contributed by atoms with Crippen molar-refractivity contribution in [1.82, 2.24) is 15.5 Å². The summed E-state index contributed by atoms with van der Waals surface area (Å²) in [6, 6.07) is 5.90. The molecule has 1 aromatic rings. The van der Waals surface area contributed by atoms with Gasteiger partial charge in [-0.15, -0.1) is 0 Å². The highest BCUT2D eigenvalue weighted by Crippen LogP contribution is 2.15. The summed E-state index contributed by atoms with van der Waals surface area (Å²) < 4.78 is 13.6. The molecule has 6 heteroatoms. The minimum atomic E-state index is -0.494. The average Bonchev–Trinajstić information content (AvgIpc) is 2.53. The highest BCUT2D eigenvalue weighted by molar-refractivity contribution is 5.94. The van der Waals surface area contributed by atoms with E-state index >= 15 is 0 Å². The number of carbonyl (C=O) groups excluding carboxylic acids is 2. The number of nitrogens with one attached hydrogen (secondary N) is 2. The molecule has 1 saturated heterocycles. The van der Waals surface area contributed by atoms with Crippen LogP contribution >= 0.6 is 0 Å². The zero-order valence-electron chi connectivity index (χ0n) is 12.8. The van der Waals surface area contributed by atoms with Gasteiger partial charge in [0.25, 0.3) is 5.91 Å². The number of rotatable bonds is 4. The van der Waals surface area contributed by atoms with Crippen LogP contribution in [0.25, 0.3) is 0 Å². The number of carbonyl (C=O) groups is 2. The third kappa shape index (κ3) is 4.19. The average molecular weight is 307 g/mol. The number of benzene rings is 1. The Morgan fingerprint density at radius 1 is 1.27 bits per heavy atom. The first-order chi connectivity index (χ1) is 10.6. The van der Waals surface area contributed by atoms with Gasteiger partial charge < -0.3 is 15.5 Å². The summed E-state index contributed by atoms with van der Waals surface area (Å²) in [5.74, 6) is -0.779. The minimum absolute atomic E-state index is 0.0570. The van der Waals surface area contributed by atoms with Crippen LogP contribution in [0.1, 0.15) is 36.5 Å². The van der Waals surface area contributed by atoms with Gasteiger partial charge in [-0.1, -0.05) is 19.1 Å². The molecule has 1 aliphatic rings. The number of piperidine rings is 1. The van der Waals surface area contributed by atoms with Crippen LogP contribution in [-0.4, -0.2) is 42.5 Å². The van der Waals surface area contributed by atoms with Gasteiger partial charge in [-0.25, -0.2) is 9.18 Å². The number of halogens is 1. The normalized spacial score (nSPS) is 15.5. The monoisotopic (exact) mass is 307 g/mol. The zero-order chi connectivity index (χ0) is 15.9. The van der Waals surface area contributed by atoms with Gasteiger partial charge in [0.15, 0.2) is 0 Å². The van der Waals surface area contributed by atoms with E-state index in [4.69, 9.17) is 0 Å². The van der Waals surface area contributed by atoms with Crippen molar-refractivity contribution in [2.45, 2.75) is 32.2 Å². The Balaban J connectivity index is 1.83. The van der Waals surface area contributed by atoms with Crippen LogP contribution in [0.4, 0.5) is 9.18 Å². The maximum Gasteiger partial charge on any atom is 0.315 e.